The quantitative estimate of drug-likeness (QED) is 0.795. The predicted molar refractivity (Wildman–Crippen MR) is 77.7 cm³/mol. The van der Waals surface area contributed by atoms with Gasteiger partial charge in [-0.05, 0) is 40.2 Å². The molecule has 0 radical (unpaired) electrons. The Labute approximate surface area is 125 Å². The number of hydrogen-bond donors (Lipinski definition) is 0. The van der Waals surface area contributed by atoms with Crippen LogP contribution in [-0.4, -0.2) is 39.2 Å². The van der Waals surface area contributed by atoms with Crippen LogP contribution < -0.4 is 0 Å². The Morgan fingerprint density at radius 2 is 2.19 bits per heavy atom. The van der Waals surface area contributed by atoms with Crippen molar-refractivity contribution in [3.05, 3.63) is 11.7 Å². The number of carbonyl (C=O) groups is 1. The van der Waals surface area contributed by atoms with E-state index >= 15 is 0 Å². The van der Waals surface area contributed by atoms with Gasteiger partial charge in [0, 0.05) is 5.92 Å². The average molecular weight is 295 g/mol. The lowest BCUT2D eigenvalue weighted by atomic mass is 10.1. The van der Waals surface area contributed by atoms with Gasteiger partial charge >= 0.3 is 5.97 Å². The number of likely N-dealkylation sites (tertiary alicyclic amines) is 1. The number of aromatic nitrogens is 2. The van der Waals surface area contributed by atoms with Crippen LogP contribution in [0.1, 0.15) is 65.1 Å². The Balaban J connectivity index is 1.99. The van der Waals surface area contributed by atoms with Crippen LogP contribution in [0.3, 0.4) is 0 Å². The molecular weight excluding hydrogens is 270 g/mol. The summed E-state index contributed by atoms with van der Waals surface area (Å²) in [6, 6.07) is -0.210. The van der Waals surface area contributed by atoms with E-state index in [-0.39, 0.29) is 17.9 Å². The summed E-state index contributed by atoms with van der Waals surface area (Å²) in [5.74, 6) is 1.35. The maximum atomic E-state index is 12.2. The third kappa shape index (κ3) is 4.27. The fraction of sp³-hybridized carbons (Fsp3) is 0.800. The van der Waals surface area contributed by atoms with Crippen LogP contribution in [0.4, 0.5) is 0 Å². The number of carbonyl (C=O) groups excluding carboxylic acids is 1. The van der Waals surface area contributed by atoms with Crippen molar-refractivity contribution in [1.82, 2.24) is 15.0 Å². The molecule has 6 nitrogen and oxygen atoms in total. The molecule has 1 fully saturated rings. The van der Waals surface area contributed by atoms with Crippen molar-refractivity contribution >= 4 is 5.97 Å². The van der Waals surface area contributed by atoms with E-state index in [1.165, 1.54) is 0 Å². The molecule has 1 saturated heterocycles. The summed E-state index contributed by atoms with van der Waals surface area (Å²) in [7, 11) is 0. The average Bonchev–Trinajstić information content (AvgIpc) is 2.96. The lowest BCUT2D eigenvalue weighted by molar-refractivity contribution is -0.160. The number of rotatable bonds is 4. The monoisotopic (exact) mass is 295 g/mol. The Hall–Kier alpha value is -1.43. The maximum Gasteiger partial charge on any atom is 0.323 e. The molecule has 2 rings (SSSR count). The number of nitrogens with zero attached hydrogens (tertiary/aromatic N) is 3. The lowest BCUT2D eigenvalue weighted by Crippen LogP contribution is -2.40. The van der Waals surface area contributed by atoms with E-state index in [2.05, 4.69) is 15.0 Å². The SMILES string of the molecule is CC(C)c1noc(CN2CCC[C@@H]2C(=O)OC(C)(C)C)n1. The first-order valence-corrected chi connectivity index (χ1v) is 7.55. The van der Waals surface area contributed by atoms with Gasteiger partial charge in [0.1, 0.15) is 11.6 Å². The summed E-state index contributed by atoms with van der Waals surface area (Å²) < 4.78 is 10.7. The molecule has 118 valence electrons. The van der Waals surface area contributed by atoms with E-state index < -0.39 is 5.60 Å². The highest BCUT2D eigenvalue weighted by molar-refractivity contribution is 5.76. The van der Waals surface area contributed by atoms with Crippen molar-refractivity contribution in [2.45, 2.75) is 71.6 Å². The number of ether oxygens (including phenoxy) is 1. The molecule has 1 aliphatic heterocycles. The van der Waals surface area contributed by atoms with Gasteiger partial charge in [-0.1, -0.05) is 19.0 Å². The second-order valence-electron chi connectivity index (χ2n) is 6.86. The van der Waals surface area contributed by atoms with E-state index in [0.717, 1.165) is 19.4 Å². The smallest absolute Gasteiger partial charge is 0.323 e. The number of esters is 1. The molecule has 1 aromatic rings. The van der Waals surface area contributed by atoms with Gasteiger partial charge in [0.25, 0.3) is 0 Å². The molecular formula is C15H25N3O3. The van der Waals surface area contributed by atoms with Gasteiger partial charge in [-0.15, -0.1) is 0 Å². The van der Waals surface area contributed by atoms with Gasteiger partial charge in [0.05, 0.1) is 6.54 Å². The zero-order chi connectivity index (χ0) is 15.6. The second-order valence-corrected chi connectivity index (χ2v) is 6.86. The fourth-order valence-corrected chi connectivity index (χ4v) is 2.39. The Morgan fingerprint density at radius 1 is 1.48 bits per heavy atom. The van der Waals surface area contributed by atoms with Crippen molar-refractivity contribution in [1.29, 1.82) is 0 Å². The van der Waals surface area contributed by atoms with Crippen LogP contribution >= 0.6 is 0 Å². The minimum Gasteiger partial charge on any atom is -0.459 e. The molecule has 0 N–H and O–H groups in total. The maximum absolute atomic E-state index is 12.2. The van der Waals surface area contributed by atoms with Crippen LogP contribution in [0.2, 0.25) is 0 Å². The topological polar surface area (TPSA) is 68.5 Å². The molecule has 1 atom stereocenters. The van der Waals surface area contributed by atoms with Gasteiger partial charge in [-0.2, -0.15) is 4.98 Å². The van der Waals surface area contributed by atoms with Crippen molar-refractivity contribution in [2.24, 2.45) is 0 Å². The molecule has 0 amide bonds. The van der Waals surface area contributed by atoms with Crippen molar-refractivity contribution < 1.29 is 14.1 Å². The standard InChI is InChI=1S/C15H25N3O3/c1-10(2)13-16-12(21-17-13)9-18-8-6-7-11(18)14(19)20-15(3,4)5/h10-11H,6-9H2,1-5H3/t11-/m1/s1. The highest BCUT2D eigenvalue weighted by atomic mass is 16.6. The highest BCUT2D eigenvalue weighted by Crippen LogP contribution is 2.23. The highest BCUT2D eigenvalue weighted by Gasteiger charge is 2.34. The summed E-state index contributed by atoms with van der Waals surface area (Å²) in [5, 5.41) is 3.96. The first kappa shape index (κ1) is 15.9. The summed E-state index contributed by atoms with van der Waals surface area (Å²) in [4.78, 5) is 18.7. The molecule has 6 heteroatoms. The molecule has 0 spiro atoms. The van der Waals surface area contributed by atoms with Crippen LogP contribution in [0.25, 0.3) is 0 Å². The molecule has 21 heavy (non-hydrogen) atoms. The van der Waals surface area contributed by atoms with Gasteiger partial charge < -0.3 is 9.26 Å². The minimum atomic E-state index is -0.458. The van der Waals surface area contributed by atoms with Crippen LogP contribution in [-0.2, 0) is 16.1 Å². The van der Waals surface area contributed by atoms with Gasteiger partial charge in [-0.3, -0.25) is 9.69 Å². The molecule has 0 bridgehead atoms. The predicted octanol–water partition coefficient (Wildman–Crippen LogP) is 2.50. The normalized spacial score (nSPS) is 20.2. The second kappa shape index (κ2) is 6.13. The van der Waals surface area contributed by atoms with Gasteiger partial charge in [-0.25, -0.2) is 0 Å². The zero-order valence-electron chi connectivity index (χ0n) is 13.5. The Kier molecular flexibility index (Phi) is 4.66. The first-order valence-electron chi connectivity index (χ1n) is 7.55. The molecule has 0 aromatic carbocycles. The van der Waals surface area contributed by atoms with E-state index in [0.29, 0.717) is 18.3 Å². The minimum absolute atomic E-state index is 0.163. The van der Waals surface area contributed by atoms with Gasteiger partial charge in [0.15, 0.2) is 5.82 Å². The van der Waals surface area contributed by atoms with Crippen molar-refractivity contribution in [3.63, 3.8) is 0 Å². The Morgan fingerprint density at radius 3 is 2.76 bits per heavy atom. The van der Waals surface area contributed by atoms with Crippen LogP contribution in [0.15, 0.2) is 4.52 Å². The molecule has 0 aliphatic carbocycles. The third-order valence-electron chi connectivity index (χ3n) is 3.38. The van der Waals surface area contributed by atoms with Gasteiger partial charge in [0.2, 0.25) is 5.89 Å². The van der Waals surface area contributed by atoms with E-state index in [1.54, 1.807) is 0 Å². The van der Waals surface area contributed by atoms with E-state index in [9.17, 15) is 4.79 Å². The first-order chi connectivity index (χ1) is 9.76. The van der Waals surface area contributed by atoms with Crippen LogP contribution in [0, 0.1) is 0 Å². The summed E-state index contributed by atoms with van der Waals surface area (Å²) >= 11 is 0. The van der Waals surface area contributed by atoms with E-state index in [4.69, 9.17) is 9.26 Å². The molecule has 0 saturated carbocycles. The van der Waals surface area contributed by atoms with E-state index in [1.807, 2.05) is 34.6 Å². The summed E-state index contributed by atoms with van der Waals surface area (Å²) in [5.41, 5.74) is -0.458. The lowest BCUT2D eigenvalue weighted by Gasteiger charge is -2.26. The molecule has 1 aromatic heterocycles. The Bertz CT molecular complexity index is 491. The largest absolute Gasteiger partial charge is 0.459 e. The number of hydrogen-bond acceptors (Lipinski definition) is 6. The zero-order valence-corrected chi connectivity index (χ0v) is 13.5. The molecule has 1 aliphatic rings. The van der Waals surface area contributed by atoms with Crippen molar-refractivity contribution in [2.75, 3.05) is 6.54 Å². The molecule has 2 heterocycles. The van der Waals surface area contributed by atoms with Crippen molar-refractivity contribution in [3.8, 4) is 0 Å². The summed E-state index contributed by atoms with van der Waals surface area (Å²) in [6.45, 7) is 11.1. The third-order valence-corrected chi connectivity index (χ3v) is 3.38. The summed E-state index contributed by atoms with van der Waals surface area (Å²) in [6.07, 6.45) is 1.80. The fourth-order valence-electron chi connectivity index (χ4n) is 2.39. The molecule has 0 unspecified atom stereocenters. The van der Waals surface area contributed by atoms with Crippen LogP contribution in [0.5, 0.6) is 0 Å².